The van der Waals surface area contributed by atoms with E-state index in [0.29, 0.717) is 5.92 Å². The molecule has 1 heterocycles. The highest BCUT2D eigenvalue weighted by atomic mass is 15.1. The van der Waals surface area contributed by atoms with Gasteiger partial charge >= 0.3 is 0 Å². The van der Waals surface area contributed by atoms with E-state index in [1.165, 1.54) is 11.3 Å². The third-order valence-electron chi connectivity index (χ3n) is 3.78. The first-order valence-electron chi connectivity index (χ1n) is 6.60. The number of hydrogen-bond donors (Lipinski definition) is 1. The predicted octanol–water partition coefficient (Wildman–Crippen LogP) is 2.63. The fourth-order valence-corrected chi connectivity index (χ4v) is 2.52. The van der Waals surface area contributed by atoms with E-state index in [2.05, 4.69) is 49.1 Å². The van der Waals surface area contributed by atoms with E-state index in [4.69, 9.17) is 11.0 Å². The van der Waals surface area contributed by atoms with Crippen LogP contribution in [0, 0.1) is 11.3 Å². The van der Waals surface area contributed by atoms with Crippen molar-refractivity contribution >= 4 is 5.69 Å². The Morgan fingerprint density at radius 1 is 1.28 bits per heavy atom. The second kappa shape index (κ2) is 4.99. The first-order valence-corrected chi connectivity index (χ1v) is 6.60. The standard InChI is InChI=1S/C15H21N3/c1-12(2)13-5-3-4-6-14(13)18-9-7-15(17,11-16)8-10-18/h3-6,12H,7-10,17H2,1-2H3. The number of para-hydroxylation sites is 1. The SMILES string of the molecule is CC(C)c1ccccc1N1CCC(N)(C#N)CC1. The van der Waals surface area contributed by atoms with Crippen molar-refractivity contribution in [3.63, 3.8) is 0 Å². The van der Waals surface area contributed by atoms with E-state index in [1.807, 2.05) is 0 Å². The van der Waals surface area contributed by atoms with Crippen LogP contribution in [0.3, 0.4) is 0 Å². The first-order chi connectivity index (χ1) is 8.56. The third kappa shape index (κ3) is 2.49. The molecular weight excluding hydrogens is 222 g/mol. The lowest BCUT2D eigenvalue weighted by Gasteiger charge is -2.37. The molecule has 1 aromatic carbocycles. The lowest BCUT2D eigenvalue weighted by molar-refractivity contribution is 0.415. The molecule has 0 radical (unpaired) electrons. The summed E-state index contributed by atoms with van der Waals surface area (Å²) in [5.41, 5.74) is 8.06. The molecule has 0 saturated carbocycles. The minimum atomic E-state index is -0.622. The highest BCUT2D eigenvalue weighted by Crippen LogP contribution is 2.30. The molecule has 18 heavy (non-hydrogen) atoms. The maximum Gasteiger partial charge on any atom is 0.107 e. The number of nitriles is 1. The number of rotatable bonds is 2. The van der Waals surface area contributed by atoms with E-state index in [9.17, 15) is 0 Å². The number of nitrogens with zero attached hydrogens (tertiary/aromatic N) is 2. The number of hydrogen-bond acceptors (Lipinski definition) is 3. The minimum absolute atomic E-state index is 0.515. The van der Waals surface area contributed by atoms with E-state index in [0.717, 1.165) is 25.9 Å². The lowest BCUT2D eigenvalue weighted by atomic mass is 9.89. The second-order valence-electron chi connectivity index (χ2n) is 5.47. The summed E-state index contributed by atoms with van der Waals surface area (Å²) in [5, 5.41) is 9.06. The Morgan fingerprint density at radius 2 is 1.89 bits per heavy atom. The summed E-state index contributed by atoms with van der Waals surface area (Å²) in [6, 6.07) is 10.8. The van der Waals surface area contributed by atoms with Crippen LogP contribution in [0.5, 0.6) is 0 Å². The van der Waals surface area contributed by atoms with Crippen molar-refractivity contribution in [2.75, 3.05) is 18.0 Å². The monoisotopic (exact) mass is 243 g/mol. The van der Waals surface area contributed by atoms with Crippen LogP contribution in [-0.2, 0) is 0 Å². The summed E-state index contributed by atoms with van der Waals surface area (Å²) in [5.74, 6) is 0.515. The van der Waals surface area contributed by atoms with Gasteiger partial charge in [-0.05, 0) is 30.4 Å². The number of piperidine rings is 1. The van der Waals surface area contributed by atoms with Crippen molar-refractivity contribution in [1.29, 1.82) is 5.26 Å². The van der Waals surface area contributed by atoms with Gasteiger partial charge in [-0.3, -0.25) is 0 Å². The second-order valence-corrected chi connectivity index (χ2v) is 5.47. The van der Waals surface area contributed by atoms with Crippen LogP contribution >= 0.6 is 0 Å². The molecule has 0 aromatic heterocycles. The first kappa shape index (κ1) is 12.9. The highest BCUT2D eigenvalue weighted by molar-refractivity contribution is 5.55. The van der Waals surface area contributed by atoms with Crippen molar-refractivity contribution in [2.45, 2.75) is 38.1 Å². The van der Waals surface area contributed by atoms with E-state index < -0.39 is 5.54 Å². The van der Waals surface area contributed by atoms with Crippen molar-refractivity contribution in [1.82, 2.24) is 0 Å². The average molecular weight is 243 g/mol. The predicted molar refractivity (Wildman–Crippen MR) is 74.5 cm³/mol. The summed E-state index contributed by atoms with van der Waals surface area (Å²) in [6.07, 6.45) is 1.49. The Labute approximate surface area is 109 Å². The summed E-state index contributed by atoms with van der Waals surface area (Å²) in [6.45, 7) is 6.16. The molecular formula is C15H21N3. The lowest BCUT2D eigenvalue weighted by Crippen LogP contribution is -2.49. The number of anilines is 1. The zero-order valence-electron chi connectivity index (χ0n) is 11.2. The maximum absolute atomic E-state index is 9.06. The van der Waals surface area contributed by atoms with E-state index >= 15 is 0 Å². The smallest absolute Gasteiger partial charge is 0.107 e. The third-order valence-corrected chi connectivity index (χ3v) is 3.78. The van der Waals surface area contributed by atoms with Crippen LogP contribution in [0.25, 0.3) is 0 Å². The van der Waals surface area contributed by atoms with Crippen molar-refractivity contribution < 1.29 is 0 Å². The summed E-state index contributed by atoms with van der Waals surface area (Å²) in [4.78, 5) is 2.36. The van der Waals surface area contributed by atoms with Gasteiger partial charge in [0.15, 0.2) is 0 Å². The Hall–Kier alpha value is -1.53. The molecule has 0 aliphatic carbocycles. The summed E-state index contributed by atoms with van der Waals surface area (Å²) in [7, 11) is 0. The molecule has 96 valence electrons. The molecule has 3 nitrogen and oxygen atoms in total. The zero-order valence-corrected chi connectivity index (χ0v) is 11.2. The number of benzene rings is 1. The average Bonchev–Trinajstić information content (AvgIpc) is 2.39. The molecule has 0 spiro atoms. The molecule has 0 amide bonds. The number of nitrogens with two attached hydrogens (primary N) is 1. The molecule has 1 aliphatic heterocycles. The Morgan fingerprint density at radius 3 is 2.44 bits per heavy atom. The molecule has 2 rings (SSSR count). The Kier molecular flexibility index (Phi) is 3.58. The van der Waals surface area contributed by atoms with Crippen LogP contribution in [0.15, 0.2) is 24.3 Å². The van der Waals surface area contributed by atoms with Crippen LogP contribution in [0.4, 0.5) is 5.69 Å². The van der Waals surface area contributed by atoms with E-state index in [1.54, 1.807) is 0 Å². The summed E-state index contributed by atoms with van der Waals surface area (Å²) < 4.78 is 0. The molecule has 0 atom stereocenters. The molecule has 0 bridgehead atoms. The maximum atomic E-state index is 9.06. The molecule has 3 heteroatoms. The van der Waals surface area contributed by atoms with Gasteiger partial charge in [0.05, 0.1) is 6.07 Å². The van der Waals surface area contributed by atoms with Gasteiger partial charge in [0.1, 0.15) is 5.54 Å². The van der Waals surface area contributed by atoms with E-state index in [-0.39, 0.29) is 0 Å². The van der Waals surface area contributed by atoms with Crippen LogP contribution in [-0.4, -0.2) is 18.6 Å². The van der Waals surface area contributed by atoms with Gasteiger partial charge in [0.25, 0.3) is 0 Å². The largest absolute Gasteiger partial charge is 0.371 e. The van der Waals surface area contributed by atoms with Crippen LogP contribution in [0.2, 0.25) is 0 Å². The normalized spacial score (nSPS) is 18.7. The van der Waals surface area contributed by atoms with Crippen LogP contribution < -0.4 is 10.6 Å². The van der Waals surface area contributed by atoms with Gasteiger partial charge in [-0.2, -0.15) is 5.26 Å². The fourth-order valence-electron chi connectivity index (χ4n) is 2.52. The molecule has 1 aliphatic rings. The quantitative estimate of drug-likeness (QED) is 0.868. The zero-order chi connectivity index (χ0) is 13.2. The van der Waals surface area contributed by atoms with Gasteiger partial charge in [0.2, 0.25) is 0 Å². The Bertz CT molecular complexity index is 451. The van der Waals surface area contributed by atoms with Crippen molar-refractivity contribution in [2.24, 2.45) is 5.73 Å². The molecule has 0 unspecified atom stereocenters. The Balaban J connectivity index is 2.18. The van der Waals surface area contributed by atoms with Gasteiger partial charge in [-0.1, -0.05) is 32.0 Å². The van der Waals surface area contributed by atoms with Gasteiger partial charge in [-0.25, -0.2) is 0 Å². The minimum Gasteiger partial charge on any atom is -0.371 e. The molecule has 1 aromatic rings. The molecule has 2 N–H and O–H groups in total. The van der Waals surface area contributed by atoms with Gasteiger partial charge < -0.3 is 10.6 Å². The van der Waals surface area contributed by atoms with Crippen molar-refractivity contribution in [3.8, 4) is 6.07 Å². The van der Waals surface area contributed by atoms with Gasteiger partial charge in [0, 0.05) is 18.8 Å². The molecule has 1 saturated heterocycles. The van der Waals surface area contributed by atoms with Gasteiger partial charge in [-0.15, -0.1) is 0 Å². The highest BCUT2D eigenvalue weighted by Gasteiger charge is 2.31. The summed E-state index contributed by atoms with van der Waals surface area (Å²) >= 11 is 0. The fraction of sp³-hybridized carbons (Fsp3) is 0.533. The van der Waals surface area contributed by atoms with Crippen LogP contribution in [0.1, 0.15) is 38.2 Å². The molecule has 1 fully saturated rings. The topological polar surface area (TPSA) is 53.0 Å². The van der Waals surface area contributed by atoms with Crippen molar-refractivity contribution in [3.05, 3.63) is 29.8 Å².